The van der Waals surface area contributed by atoms with Gasteiger partial charge in [-0.05, 0) is 44.0 Å². The van der Waals surface area contributed by atoms with Gasteiger partial charge in [0.15, 0.2) is 0 Å². The topological polar surface area (TPSA) is 56.2 Å². The number of ether oxygens (including phenoxy) is 1. The monoisotopic (exact) mass is 315 g/mol. The standard InChI is InChI=1S/C18H25N3O2/c1-12(2)11-23-16-8-6-15(7-9-16)18(22)19-10-17-13(3)20-21(5)14(17)4/h6-9,12H,10-11H2,1-5H3,(H,19,22). The molecule has 0 atom stereocenters. The highest BCUT2D eigenvalue weighted by atomic mass is 16.5. The van der Waals surface area contributed by atoms with Gasteiger partial charge in [0, 0.05) is 30.4 Å². The molecule has 0 unspecified atom stereocenters. The van der Waals surface area contributed by atoms with Crippen molar-refractivity contribution in [1.82, 2.24) is 15.1 Å². The van der Waals surface area contributed by atoms with Crippen molar-refractivity contribution in [2.45, 2.75) is 34.2 Å². The van der Waals surface area contributed by atoms with E-state index < -0.39 is 0 Å². The van der Waals surface area contributed by atoms with Crippen molar-refractivity contribution < 1.29 is 9.53 Å². The summed E-state index contributed by atoms with van der Waals surface area (Å²) in [4.78, 5) is 12.2. The summed E-state index contributed by atoms with van der Waals surface area (Å²) >= 11 is 0. The smallest absolute Gasteiger partial charge is 0.251 e. The van der Waals surface area contributed by atoms with Crippen LogP contribution in [0.1, 0.15) is 41.2 Å². The second-order valence-corrected chi connectivity index (χ2v) is 6.18. The van der Waals surface area contributed by atoms with Crippen LogP contribution in [0, 0.1) is 19.8 Å². The Morgan fingerprint density at radius 1 is 1.26 bits per heavy atom. The lowest BCUT2D eigenvalue weighted by atomic mass is 10.1. The van der Waals surface area contributed by atoms with E-state index in [1.807, 2.05) is 37.7 Å². The number of rotatable bonds is 6. The Labute approximate surface area is 137 Å². The zero-order valence-electron chi connectivity index (χ0n) is 14.5. The van der Waals surface area contributed by atoms with Gasteiger partial charge >= 0.3 is 0 Å². The summed E-state index contributed by atoms with van der Waals surface area (Å²) in [5, 5.41) is 7.30. The molecule has 0 saturated carbocycles. The molecule has 5 heteroatoms. The first-order valence-electron chi connectivity index (χ1n) is 7.88. The van der Waals surface area contributed by atoms with Gasteiger partial charge in [-0.25, -0.2) is 0 Å². The number of aryl methyl sites for hydroxylation is 2. The number of carbonyl (C=O) groups excluding carboxylic acids is 1. The van der Waals surface area contributed by atoms with Crippen LogP contribution in [0.4, 0.5) is 0 Å². The predicted molar refractivity (Wildman–Crippen MR) is 90.6 cm³/mol. The van der Waals surface area contributed by atoms with Crippen LogP contribution in [0.3, 0.4) is 0 Å². The lowest BCUT2D eigenvalue weighted by Gasteiger charge is -2.09. The molecule has 0 aliphatic rings. The van der Waals surface area contributed by atoms with E-state index in [0.717, 1.165) is 22.7 Å². The second-order valence-electron chi connectivity index (χ2n) is 6.18. The summed E-state index contributed by atoms with van der Waals surface area (Å²) in [6, 6.07) is 7.23. The number of carbonyl (C=O) groups is 1. The minimum atomic E-state index is -0.0944. The Hall–Kier alpha value is -2.30. The first-order valence-corrected chi connectivity index (χ1v) is 7.88. The van der Waals surface area contributed by atoms with Crippen LogP contribution in [-0.4, -0.2) is 22.3 Å². The maximum absolute atomic E-state index is 12.2. The molecule has 0 aliphatic heterocycles. The van der Waals surface area contributed by atoms with Crippen molar-refractivity contribution >= 4 is 5.91 Å². The lowest BCUT2D eigenvalue weighted by molar-refractivity contribution is 0.0951. The average molecular weight is 315 g/mol. The molecule has 2 aromatic rings. The van der Waals surface area contributed by atoms with Crippen LogP contribution in [0.15, 0.2) is 24.3 Å². The molecule has 5 nitrogen and oxygen atoms in total. The number of nitrogens with zero attached hydrogens (tertiary/aromatic N) is 2. The van der Waals surface area contributed by atoms with Gasteiger partial charge in [-0.3, -0.25) is 9.48 Å². The molecule has 1 aromatic heterocycles. The summed E-state index contributed by atoms with van der Waals surface area (Å²) in [7, 11) is 1.91. The van der Waals surface area contributed by atoms with E-state index in [2.05, 4.69) is 24.3 Å². The second kappa shape index (κ2) is 7.31. The SMILES string of the molecule is Cc1nn(C)c(C)c1CNC(=O)c1ccc(OCC(C)C)cc1. The van der Waals surface area contributed by atoms with Crippen LogP contribution in [0.25, 0.3) is 0 Å². The van der Waals surface area contributed by atoms with E-state index in [0.29, 0.717) is 24.6 Å². The van der Waals surface area contributed by atoms with Gasteiger partial charge in [0.25, 0.3) is 5.91 Å². The molecular formula is C18H25N3O2. The van der Waals surface area contributed by atoms with Crippen molar-refractivity contribution in [2.24, 2.45) is 13.0 Å². The Kier molecular flexibility index (Phi) is 5.42. The maximum Gasteiger partial charge on any atom is 0.251 e. The number of nitrogens with one attached hydrogen (secondary N) is 1. The normalized spacial score (nSPS) is 10.9. The van der Waals surface area contributed by atoms with Crippen LogP contribution in [0.5, 0.6) is 5.75 Å². The van der Waals surface area contributed by atoms with Crippen LogP contribution < -0.4 is 10.1 Å². The largest absolute Gasteiger partial charge is 0.493 e. The Balaban J connectivity index is 1.95. The van der Waals surface area contributed by atoms with E-state index in [4.69, 9.17) is 4.74 Å². The minimum Gasteiger partial charge on any atom is -0.493 e. The Bertz CT molecular complexity index is 672. The zero-order chi connectivity index (χ0) is 17.0. The molecule has 1 aromatic carbocycles. The van der Waals surface area contributed by atoms with E-state index in [-0.39, 0.29) is 5.91 Å². The molecule has 0 aliphatic carbocycles. The fourth-order valence-electron chi connectivity index (χ4n) is 2.31. The highest BCUT2D eigenvalue weighted by Crippen LogP contribution is 2.14. The Morgan fingerprint density at radius 2 is 1.91 bits per heavy atom. The van der Waals surface area contributed by atoms with Gasteiger partial charge < -0.3 is 10.1 Å². The zero-order valence-corrected chi connectivity index (χ0v) is 14.5. The highest BCUT2D eigenvalue weighted by molar-refractivity contribution is 5.94. The summed E-state index contributed by atoms with van der Waals surface area (Å²) < 4.78 is 7.45. The summed E-state index contributed by atoms with van der Waals surface area (Å²) in [6.45, 7) is 9.31. The summed E-state index contributed by atoms with van der Waals surface area (Å²) in [5.41, 5.74) is 3.71. The molecule has 2 rings (SSSR count). The summed E-state index contributed by atoms with van der Waals surface area (Å²) in [6.07, 6.45) is 0. The third kappa shape index (κ3) is 4.34. The number of hydrogen-bond acceptors (Lipinski definition) is 3. The van der Waals surface area contributed by atoms with Crippen molar-refractivity contribution in [3.05, 3.63) is 46.8 Å². The van der Waals surface area contributed by atoms with E-state index >= 15 is 0 Å². The molecule has 0 radical (unpaired) electrons. The highest BCUT2D eigenvalue weighted by Gasteiger charge is 2.11. The molecule has 0 bridgehead atoms. The first kappa shape index (κ1) is 17.1. The Morgan fingerprint density at radius 3 is 2.43 bits per heavy atom. The van der Waals surface area contributed by atoms with E-state index in [1.165, 1.54) is 0 Å². The number of amides is 1. The van der Waals surface area contributed by atoms with E-state index in [1.54, 1.807) is 12.1 Å². The van der Waals surface area contributed by atoms with Crippen LogP contribution >= 0.6 is 0 Å². The van der Waals surface area contributed by atoms with Gasteiger partial charge in [-0.1, -0.05) is 13.8 Å². The quantitative estimate of drug-likeness (QED) is 0.891. The number of aromatic nitrogens is 2. The van der Waals surface area contributed by atoms with Gasteiger partial charge in [0.05, 0.1) is 12.3 Å². The van der Waals surface area contributed by atoms with Gasteiger partial charge in [0.2, 0.25) is 0 Å². The first-order chi connectivity index (χ1) is 10.9. The van der Waals surface area contributed by atoms with Crippen LogP contribution in [0.2, 0.25) is 0 Å². The fourth-order valence-corrected chi connectivity index (χ4v) is 2.31. The number of hydrogen-bond donors (Lipinski definition) is 1. The predicted octanol–water partition coefficient (Wildman–Crippen LogP) is 3.00. The number of benzene rings is 1. The molecule has 0 spiro atoms. The van der Waals surface area contributed by atoms with Crippen molar-refractivity contribution in [3.63, 3.8) is 0 Å². The molecule has 1 amide bonds. The maximum atomic E-state index is 12.2. The third-order valence-corrected chi connectivity index (χ3v) is 3.78. The lowest BCUT2D eigenvalue weighted by Crippen LogP contribution is -2.23. The average Bonchev–Trinajstić information content (AvgIpc) is 2.76. The molecule has 0 saturated heterocycles. The van der Waals surface area contributed by atoms with Crippen molar-refractivity contribution in [2.75, 3.05) is 6.61 Å². The van der Waals surface area contributed by atoms with Gasteiger partial charge in [-0.15, -0.1) is 0 Å². The van der Waals surface area contributed by atoms with Gasteiger partial charge in [-0.2, -0.15) is 5.10 Å². The van der Waals surface area contributed by atoms with Crippen molar-refractivity contribution in [1.29, 1.82) is 0 Å². The molecule has 0 fully saturated rings. The molecule has 23 heavy (non-hydrogen) atoms. The van der Waals surface area contributed by atoms with Crippen LogP contribution in [-0.2, 0) is 13.6 Å². The fraction of sp³-hybridized carbons (Fsp3) is 0.444. The molecular weight excluding hydrogens is 290 g/mol. The summed E-state index contributed by atoms with van der Waals surface area (Å²) in [5.74, 6) is 1.17. The third-order valence-electron chi connectivity index (χ3n) is 3.78. The van der Waals surface area contributed by atoms with Crippen molar-refractivity contribution in [3.8, 4) is 5.75 Å². The minimum absolute atomic E-state index is 0.0944. The van der Waals surface area contributed by atoms with E-state index in [9.17, 15) is 4.79 Å². The molecule has 124 valence electrons. The molecule has 1 heterocycles. The van der Waals surface area contributed by atoms with Gasteiger partial charge in [0.1, 0.15) is 5.75 Å². The molecule has 1 N–H and O–H groups in total.